The van der Waals surface area contributed by atoms with Gasteiger partial charge in [0.25, 0.3) is 0 Å². The fourth-order valence-electron chi connectivity index (χ4n) is 1.59. The Morgan fingerprint density at radius 3 is 2.67 bits per heavy atom. The highest BCUT2D eigenvalue weighted by atomic mass is 16.5. The largest absolute Gasteiger partial charge is 0.497 e. The Kier molecular flexibility index (Phi) is 2.51. The molecule has 4 nitrogen and oxygen atoms in total. The number of benzene rings is 1. The van der Waals surface area contributed by atoms with Crippen molar-refractivity contribution < 1.29 is 13.9 Å². The van der Waals surface area contributed by atoms with Crippen LogP contribution in [0.15, 0.2) is 22.6 Å². The predicted molar refractivity (Wildman–Crippen MR) is 57.2 cm³/mol. The van der Waals surface area contributed by atoms with E-state index in [1.54, 1.807) is 14.2 Å². The van der Waals surface area contributed by atoms with Gasteiger partial charge in [-0.15, -0.1) is 0 Å². The van der Waals surface area contributed by atoms with Gasteiger partial charge in [0.05, 0.1) is 26.2 Å². The van der Waals surface area contributed by atoms with E-state index in [1.165, 1.54) is 0 Å². The van der Waals surface area contributed by atoms with Crippen molar-refractivity contribution in [2.24, 2.45) is 5.73 Å². The van der Waals surface area contributed by atoms with Crippen molar-refractivity contribution in [1.29, 1.82) is 0 Å². The van der Waals surface area contributed by atoms with Gasteiger partial charge in [-0.3, -0.25) is 0 Å². The Balaban J connectivity index is 2.65. The van der Waals surface area contributed by atoms with E-state index in [1.807, 2.05) is 18.2 Å². The van der Waals surface area contributed by atoms with E-state index in [0.717, 1.165) is 16.7 Å². The van der Waals surface area contributed by atoms with Gasteiger partial charge in [0, 0.05) is 6.07 Å². The number of methoxy groups -OCH3 is 2. The second kappa shape index (κ2) is 3.82. The van der Waals surface area contributed by atoms with Crippen LogP contribution >= 0.6 is 0 Å². The Bertz CT molecular complexity index is 476. The van der Waals surface area contributed by atoms with Gasteiger partial charge in [-0.25, -0.2) is 0 Å². The summed E-state index contributed by atoms with van der Waals surface area (Å²) in [5.41, 5.74) is 6.28. The molecule has 1 heterocycles. The van der Waals surface area contributed by atoms with Crippen molar-refractivity contribution in [3.05, 3.63) is 24.0 Å². The maximum absolute atomic E-state index is 5.56. The SMILES string of the molecule is COc1ccc2c(OC)c(CN)oc2c1. The summed E-state index contributed by atoms with van der Waals surface area (Å²) in [6.45, 7) is 0.320. The highest BCUT2D eigenvalue weighted by Crippen LogP contribution is 2.34. The number of ether oxygens (including phenoxy) is 2. The number of nitrogens with two attached hydrogens (primary N) is 1. The first-order chi connectivity index (χ1) is 7.30. The topological polar surface area (TPSA) is 57.6 Å². The lowest BCUT2D eigenvalue weighted by atomic mass is 10.2. The van der Waals surface area contributed by atoms with Gasteiger partial charge in [-0.05, 0) is 12.1 Å². The van der Waals surface area contributed by atoms with Gasteiger partial charge in [0.1, 0.15) is 11.3 Å². The van der Waals surface area contributed by atoms with Crippen molar-refractivity contribution in [3.63, 3.8) is 0 Å². The minimum atomic E-state index is 0.320. The van der Waals surface area contributed by atoms with Crippen LogP contribution < -0.4 is 15.2 Å². The average Bonchev–Trinajstić information content (AvgIpc) is 2.65. The quantitative estimate of drug-likeness (QED) is 0.835. The third-order valence-electron chi connectivity index (χ3n) is 2.31. The number of hydrogen-bond acceptors (Lipinski definition) is 4. The summed E-state index contributed by atoms with van der Waals surface area (Å²) in [5.74, 6) is 2.11. The molecule has 0 radical (unpaired) electrons. The summed E-state index contributed by atoms with van der Waals surface area (Å²) in [6, 6.07) is 5.58. The summed E-state index contributed by atoms with van der Waals surface area (Å²) >= 11 is 0. The summed E-state index contributed by atoms with van der Waals surface area (Å²) in [5, 5.41) is 0.916. The number of fused-ring (bicyclic) bond motifs is 1. The van der Waals surface area contributed by atoms with Crippen LogP contribution in [0.4, 0.5) is 0 Å². The smallest absolute Gasteiger partial charge is 0.169 e. The van der Waals surface area contributed by atoms with E-state index in [2.05, 4.69) is 0 Å². The minimum absolute atomic E-state index is 0.320. The molecule has 0 aliphatic carbocycles. The molecule has 1 aromatic heterocycles. The molecule has 2 aromatic rings. The fourth-order valence-corrected chi connectivity index (χ4v) is 1.59. The van der Waals surface area contributed by atoms with Crippen molar-refractivity contribution in [3.8, 4) is 11.5 Å². The first-order valence-corrected chi connectivity index (χ1v) is 4.63. The summed E-state index contributed by atoms with van der Waals surface area (Å²) in [4.78, 5) is 0. The van der Waals surface area contributed by atoms with Gasteiger partial charge >= 0.3 is 0 Å². The molecule has 0 unspecified atom stereocenters. The van der Waals surface area contributed by atoms with Gasteiger partial charge < -0.3 is 19.6 Å². The molecule has 0 aliphatic rings. The van der Waals surface area contributed by atoms with E-state index < -0.39 is 0 Å². The Morgan fingerprint density at radius 1 is 1.27 bits per heavy atom. The first-order valence-electron chi connectivity index (χ1n) is 4.63. The summed E-state index contributed by atoms with van der Waals surface area (Å²) in [7, 11) is 3.22. The molecule has 1 aromatic carbocycles. The fraction of sp³-hybridized carbons (Fsp3) is 0.273. The van der Waals surface area contributed by atoms with E-state index >= 15 is 0 Å². The summed E-state index contributed by atoms with van der Waals surface area (Å²) < 4.78 is 15.9. The number of hydrogen-bond donors (Lipinski definition) is 1. The van der Waals surface area contributed by atoms with Crippen LogP contribution in [-0.4, -0.2) is 14.2 Å². The van der Waals surface area contributed by atoms with Crippen molar-refractivity contribution in [2.75, 3.05) is 14.2 Å². The molecular formula is C11H13NO3. The van der Waals surface area contributed by atoms with Crippen LogP contribution in [0.3, 0.4) is 0 Å². The molecule has 2 rings (SSSR count). The Labute approximate surface area is 87.6 Å². The highest BCUT2D eigenvalue weighted by molar-refractivity contribution is 5.86. The van der Waals surface area contributed by atoms with Crippen LogP contribution in [0.25, 0.3) is 11.0 Å². The van der Waals surface area contributed by atoms with E-state index in [-0.39, 0.29) is 0 Å². The molecule has 4 heteroatoms. The molecule has 80 valence electrons. The lowest BCUT2D eigenvalue weighted by Gasteiger charge is -1.99. The zero-order valence-corrected chi connectivity index (χ0v) is 8.74. The minimum Gasteiger partial charge on any atom is -0.497 e. The van der Waals surface area contributed by atoms with Crippen LogP contribution in [-0.2, 0) is 6.54 Å². The number of rotatable bonds is 3. The maximum atomic E-state index is 5.56. The monoisotopic (exact) mass is 207 g/mol. The van der Waals surface area contributed by atoms with Crippen LogP contribution in [0.1, 0.15) is 5.76 Å². The third-order valence-corrected chi connectivity index (χ3v) is 2.31. The van der Waals surface area contributed by atoms with Gasteiger partial charge in [-0.2, -0.15) is 0 Å². The molecule has 0 amide bonds. The van der Waals surface area contributed by atoms with Crippen molar-refractivity contribution >= 4 is 11.0 Å². The Hall–Kier alpha value is -1.68. The molecule has 0 saturated carbocycles. The van der Waals surface area contributed by atoms with Gasteiger partial charge in [0.15, 0.2) is 11.5 Å². The van der Waals surface area contributed by atoms with E-state index in [4.69, 9.17) is 19.6 Å². The molecule has 15 heavy (non-hydrogen) atoms. The first kappa shape index (κ1) is 9.86. The summed E-state index contributed by atoms with van der Waals surface area (Å²) in [6.07, 6.45) is 0. The molecule has 2 N–H and O–H groups in total. The van der Waals surface area contributed by atoms with Gasteiger partial charge in [0.2, 0.25) is 0 Å². The molecule has 0 saturated heterocycles. The highest BCUT2D eigenvalue weighted by Gasteiger charge is 2.13. The zero-order chi connectivity index (χ0) is 10.8. The Morgan fingerprint density at radius 2 is 2.07 bits per heavy atom. The van der Waals surface area contributed by atoms with Crippen molar-refractivity contribution in [1.82, 2.24) is 0 Å². The van der Waals surface area contributed by atoms with E-state index in [9.17, 15) is 0 Å². The molecule has 0 bridgehead atoms. The lowest BCUT2D eigenvalue weighted by Crippen LogP contribution is -1.96. The third kappa shape index (κ3) is 1.53. The molecule has 0 aliphatic heterocycles. The predicted octanol–water partition coefficient (Wildman–Crippen LogP) is 1.91. The molecular weight excluding hydrogens is 194 g/mol. The van der Waals surface area contributed by atoms with Crippen LogP contribution in [0.5, 0.6) is 11.5 Å². The maximum Gasteiger partial charge on any atom is 0.169 e. The molecule has 0 spiro atoms. The second-order valence-corrected chi connectivity index (χ2v) is 3.12. The normalized spacial score (nSPS) is 10.6. The lowest BCUT2D eigenvalue weighted by molar-refractivity contribution is 0.396. The van der Waals surface area contributed by atoms with E-state index in [0.29, 0.717) is 18.1 Å². The number of furan rings is 1. The van der Waals surface area contributed by atoms with Crippen LogP contribution in [0, 0.1) is 0 Å². The van der Waals surface area contributed by atoms with Gasteiger partial charge in [-0.1, -0.05) is 0 Å². The van der Waals surface area contributed by atoms with Crippen molar-refractivity contribution in [2.45, 2.75) is 6.54 Å². The second-order valence-electron chi connectivity index (χ2n) is 3.12. The zero-order valence-electron chi connectivity index (χ0n) is 8.74. The standard InChI is InChI=1S/C11H13NO3/c1-13-7-3-4-8-9(5-7)15-10(6-12)11(8)14-2/h3-5H,6,12H2,1-2H3. The molecule has 0 atom stereocenters. The molecule has 0 fully saturated rings. The average molecular weight is 207 g/mol. The van der Waals surface area contributed by atoms with Crippen LogP contribution in [0.2, 0.25) is 0 Å².